The van der Waals surface area contributed by atoms with Gasteiger partial charge in [-0.2, -0.15) is 9.61 Å². The van der Waals surface area contributed by atoms with Gasteiger partial charge in [-0.3, -0.25) is 9.48 Å². The third-order valence-electron chi connectivity index (χ3n) is 6.47. The Balaban J connectivity index is 1.42. The minimum absolute atomic E-state index is 0.0988. The third-order valence-corrected chi connectivity index (χ3v) is 6.47. The van der Waals surface area contributed by atoms with Crippen LogP contribution in [0.25, 0.3) is 17.2 Å². The second kappa shape index (κ2) is 8.12. The third kappa shape index (κ3) is 3.55. The van der Waals surface area contributed by atoms with Gasteiger partial charge in [-0.15, -0.1) is 5.10 Å². The number of oxazole rings is 1. The van der Waals surface area contributed by atoms with Crippen LogP contribution in [0.1, 0.15) is 44.0 Å². The van der Waals surface area contributed by atoms with Crippen molar-refractivity contribution in [3.05, 3.63) is 36.2 Å². The molecule has 1 aliphatic heterocycles. The van der Waals surface area contributed by atoms with Crippen molar-refractivity contribution < 1.29 is 9.21 Å². The van der Waals surface area contributed by atoms with E-state index in [1.807, 2.05) is 27.0 Å². The maximum Gasteiger partial charge on any atom is 0.247 e. The zero-order valence-electron chi connectivity index (χ0n) is 19.7. The van der Waals surface area contributed by atoms with E-state index in [9.17, 15) is 4.79 Å². The predicted octanol–water partition coefficient (Wildman–Crippen LogP) is 1.73. The van der Waals surface area contributed by atoms with Gasteiger partial charge in [-0.25, -0.2) is 15.0 Å². The van der Waals surface area contributed by atoms with E-state index < -0.39 is 5.54 Å². The fourth-order valence-electron chi connectivity index (χ4n) is 4.42. The lowest BCUT2D eigenvalue weighted by Gasteiger charge is -2.32. The molecular formula is C22H28N10O2. The quantitative estimate of drug-likeness (QED) is 0.451. The fraction of sp³-hybridized carbons (Fsp3) is 0.455. The molecule has 0 unspecified atom stereocenters. The van der Waals surface area contributed by atoms with E-state index in [0.717, 1.165) is 43.0 Å². The zero-order chi connectivity index (χ0) is 24.0. The molecule has 1 atom stereocenters. The van der Waals surface area contributed by atoms with Crippen LogP contribution in [0.2, 0.25) is 0 Å². The van der Waals surface area contributed by atoms with Crippen molar-refractivity contribution >= 4 is 23.2 Å². The van der Waals surface area contributed by atoms with Gasteiger partial charge in [0.1, 0.15) is 17.5 Å². The van der Waals surface area contributed by atoms with Gasteiger partial charge in [0.2, 0.25) is 17.7 Å². The average Bonchev–Trinajstić information content (AvgIpc) is 3.61. The molecule has 34 heavy (non-hydrogen) atoms. The molecule has 3 N–H and O–H groups in total. The predicted molar refractivity (Wildman–Crippen MR) is 125 cm³/mol. The molecule has 0 aliphatic carbocycles. The Kier molecular flexibility index (Phi) is 5.22. The Morgan fingerprint density at radius 3 is 2.88 bits per heavy atom. The summed E-state index contributed by atoms with van der Waals surface area (Å²) in [5.74, 6) is 1.38. The number of anilines is 2. The number of nitrogens with one attached hydrogen (secondary N) is 1. The number of fused-ring (bicyclic) bond motifs is 1. The highest BCUT2D eigenvalue weighted by molar-refractivity contribution is 5.83. The van der Waals surface area contributed by atoms with Crippen molar-refractivity contribution in [3.8, 4) is 11.6 Å². The fourth-order valence-corrected chi connectivity index (χ4v) is 4.42. The number of piperidine rings is 1. The molecule has 4 aromatic heterocycles. The molecule has 5 heterocycles. The Labute approximate surface area is 196 Å². The van der Waals surface area contributed by atoms with Crippen molar-refractivity contribution in [1.29, 1.82) is 0 Å². The average molecular weight is 465 g/mol. The molecule has 12 heteroatoms. The van der Waals surface area contributed by atoms with Crippen molar-refractivity contribution in [3.63, 3.8) is 0 Å². The highest BCUT2D eigenvalue weighted by Crippen LogP contribution is 2.31. The summed E-state index contributed by atoms with van der Waals surface area (Å²) in [6.45, 7) is 7.23. The van der Waals surface area contributed by atoms with Gasteiger partial charge in [-0.05, 0) is 33.6 Å². The lowest BCUT2D eigenvalue weighted by Crippen LogP contribution is -2.43. The van der Waals surface area contributed by atoms with E-state index in [1.54, 1.807) is 28.6 Å². The molecular weight excluding hydrogens is 436 g/mol. The molecule has 0 bridgehead atoms. The van der Waals surface area contributed by atoms with Gasteiger partial charge in [0.15, 0.2) is 11.5 Å². The monoisotopic (exact) mass is 464 g/mol. The number of nitrogens with zero attached hydrogens (tertiary/aromatic N) is 8. The minimum atomic E-state index is -0.784. The number of nitrogen functional groups attached to an aromatic ring is 1. The van der Waals surface area contributed by atoms with E-state index in [0.29, 0.717) is 17.2 Å². The molecule has 0 spiro atoms. The lowest BCUT2D eigenvalue weighted by molar-refractivity contribution is -0.128. The van der Waals surface area contributed by atoms with Gasteiger partial charge in [0.25, 0.3) is 0 Å². The zero-order valence-corrected chi connectivity index (χ0v) is 19.7. The smallest absolute Gasteiger partial charge is 0.247 e. The number of carbonyl (C=O) groups is 1. The summed E-state index contributed by atoms with van der Waals surface area (Å²) < 4.78 is 8.70. The number of hydrogen-bond donors (Lipinski definition) is 2. The number of nitrogens with two attached hydrogens (primary N) is 1. The topological polar surface area (TPSA) is 145 Å². The van der Waals surface area contributed by atoms with Gasteiger partial charge < -0.3 is 20.4 Å². The molecule has 4 aromatic rings. The standard InChI is InChI=1S/C22H28N10O2/c1-13-16(19-25-7-9-34-19)27-21(23)32-18(13)28-17(29-32)14-6-5-8-30(11-14)15-10-26-31(12-15)22(2,3)20(33)24-4/h7,9-10,12,14H,5-6,8,11H2,1-4H3,(H2,23,27)(H,24,33)/t14-/m1/s1. The highest BCUT2D eigenvalue weighted by Gasteiger charge is 2.32. The molecule has 0 saturated carbocycles. The molecule has 12 nitrogen and oxygen atoms in total. The summed E-state index contributed by atoms with van der Waals surface area (Å²) in [5.41, 5.74) is 8.39. The molecule has 1 fully saturated rings. The van der Waals surface area contributed by atoms with E-state index in [4.69, 9.17) is 20.2 Å². The summed E-state index contributed by atoms with van der Waals surface area (Å²) in [7, 11) is 1.63. The maximum atomic E-state index is 12.3. The Morgan fingerprint density at radius 2 is 2.15 bits per heavy atom. The molecule has 1 amide bonds. The largest absolute Gasteiger partial charge is 0.443 e. The van der Waals surface area contributed by atoms with Crippen LogP contribution in [0.5, 0.6) is 0 Å². The Morgan fingerprint density at radius 1 is 1.32 bits per heavy atom. The van der Waals surface area contributed by atoms with Gasteiger partial charge in [0.05, 0.1) is 18.1 Å². The molecule has 1 aliphatic rings. The Hall–Kier alpha value is -3.96. The van der Waals surface area contributed by atoms with Crippen molar-refractivity contribution in [2.45, 2.75) is 45.1 Å². The first-order valence-electron chi connectivity index (χ1n) is 11.2. The number of likely N-dealkylation sites (N-methyl/N-ethyl adjacent to an activating group) is 1. The number of aromatic nitrogens is 7. The van der Waals surface area contributed by atoms with E-state index in [2.05, 4.69) is 25.3 Å². The SMILES string of the molecule is CNC(=O)C(C)(C)n1cc(N2CCC[C@@H](c3nc4c(C)c(-c5ncco5)nc(N)n4n3)C2)cn1. The first kappa shape index (κ1) is 21.9. The maximum absolute atomic E-state index is 12.3. The van der Waals surface area contributed by atoms with Gasteiger partial charge in [0, 0.05) is 37.8 Å². The summed E-state index contributed by atoms with van der Waals surface area (Å²) in [5, 5.41) is 11.9. The van der Waals surface area contributed by atoms with Crippen LogP contribution in [0.3, 0.4) is 0 Å². The van der Waals surface area contributed by atoms with Crippen molar-refractivity contribution in [1.82, 2.24) is 39.7 Å². The molecule has 1 saturated heterocycles. The van der Waals surface area contributed by atoms with E-state index in [-0.39, 0.29) is 17.8 Å². The van der Waals surface area contributed by atoms with Crippen LogP contribution in [-0.4, -0.2) is 60.4 Å². The van der Waals surface area contributed by atoms with Crippen LogP contribution in [0.15, 0.2) is 29.3 Å². The lowest BCUT2D eigenvalue weighted by atomic mass is 9.97. The number of rotatable bonds is 5. The number of hydrogen-bond acceptors (Lipinski definition) is 9. The number of amides is 1. The molecule has 0 aromatic carbocycles. The molecule has 0 radical (unpaired) electrons. The molecule has 5 rings (SSSR count). The van der Waals surface area contributed by atoms with E-state index >= 15 is 0 Å². The van der Waals surface area contributed by atoms with Crippen LogP contribution in [0, 0.1) is 6.92 Å². The summed E-state index contributed by atoms with van der Waals surface area (Å²) in [6.07, 6.45) is 8.74. The second-order valence-electron chi connectivity index (χ2n) is 9.05. The van der Waals surface area contributed by atoms with Crippen LogP contribution < -0.4 is 16.0 Å². The van der Waals surface area contributed by atoms with E-state index in [1.165, 1.54) is 6.26 Å². The minimum Gasteiger partial charge on any atom is -0.443 e. The van der Waals surface area contributed by atoms with Crippen LogP contribution in [0.4, 0.5) is 11.6 Å². The first-order valence-corrected chi connectivity index (χ1v) is 11.2. The summed E-state index contributed by atoms with van der Waals surface area (Å²) in [6, 6.07) is 0. The Bertz CT molecular complexity index is 1340. The number of carbonyl (C=O) groups excluding carboxylic acids is 1. The van der Waals surface area contributed by atoms with Crippen molar-refractivity contribution in [2.24, 2.45) is 0 Å². The second-order valence-corrected chi connectivity index (χ2v) is 9.05. The van der Waals surface area contributed by atoms with Crippen LogP contribution in [-0.2, 0) is 10.3 Å². The highest BCUT2D eigenvalue weighted by atomic mass is 16.3. The van der Waals surface area contributed by atoms with Crippen molar-refractivity contribution in [2.75, 3.05) is 30.8 Å². The summed E-state index contributed by atoms with van der Waals surface area (Å²) >= 11 is 0. The van der Waals surface area contributed by atoms with Gasteiger partial charge in [-0.1, -0.05) is 0 Å². The first-order chi connectivity index (χ1) is 16.3. The molecule has 178 valence electrons. The van der Waals surface area contributed by atoms with Crippen LogP contribution >= 0.6 is 0 Å². The number of aryl methyl sites for hydroxylation is 1. The summed E-state index contributed by atoms with van der Waals surface area (Å²) in [4.78, 5) is 28.0. The normalized spacial score (nSPS) is 16.8. The van der Waals surface area contributed by atoms with Gasteiger partial charge >= 0.3 is 0 Å².